The van der Waals surface area contributed by atoms with Crippen LogP contribution in [-0.2, 0) is 0 Å². The fourth-order valence-electron chi connectivity index (χ4n) is 2.79. The van der Waals surface area contributed by atoms with Gasteiger partial charge < -0.3 is 15.3 Å². The van der Waals surface area contributed by atoms with Gasteiger partial charge in [0, 0.05) is 29.5 Å². The minimum absolute atomic E-state index is 0.313. The lowest BCUT2D eigenvalue weighted by Crippen LogP contribution is -2.11. The summed E-state index contributed by atoms with van der Waals surface area (Å²) in [5.41, 5.74) is 4.25. The van der Waals surface area contributed by atoms with Gasteiger partial charge in [-0.1, -0.05) is 6.07 Å². The molecule has 0 radical (unpaired) electrons. The lowest BCUT2D eigenvalue weighted by atomic mass is 10.0. The van der Waals surface area contributed by atoms with E-state index in [9.17, 15) is 0 Å². The first kappa shape index (κ1) is 12.9. The maximum absolute atomic E-state index is 4.41. The second-order valence-electron chi connectivity index (χ2n) is 5.73. The first-order valence-electron chi connectivity index (χ1n) is 7.38. The summed E-state index contributed by atoms with van der Waals surface area (Å²) in [6, 6.07) is 8.79. The number of aromatic nitrogens is 4. The Morgan fingerprint density at radius 1 is 1.09 bits per heavy atom. The summed E-state index contributed by atoms with van der Waals surface area (Å²) in [5, 5.41) is 5.63. The Bertz CT molecular complexity index is 948. The number of aromatic amines is 2. The number of benzene rings is 1. The molecule has 0 aliphatic rings. The van der Waals surface area contributed by atoms with Crippen LogP contribution in [0.25, 0.3) is 33.1 Å². The van der Waals surface area contributed by atoms with Gasteiger partial charge >= 0.3 is 0 Å². The van der Waals surface area contributed by atoms with Crippen molar-refractivity contribution in [3.8, 4) is 11.1 Å². The van der Waals surface area contributed by atoms with Crippen LogP contribution in [0.5, 0.6) is 0 Å². The summed E-state index contributed by atoms with van der Waals surface area (Å²) in [4.78, 5) is 15.2. The fraction of sp³-hybridized carbons (Fsp3) is 0.176. The molecular weight excluding hydrogens is 274 g/mol. The van der Waals surface area contributed by atoms with Gasteiger partial charge in [-0.2, -0.15) is 0 Å². The van der Waals surface area contributed by atoms with Crippen molar-refractivity contribution in [3.63, 3.8) is 0 Å². The number of nitrogens with one attached hydrogen (secondary N) is 3. The number of rotatable bonds is 3. The van der Waals surface area contributed by atoms with Crippen molar-refractivity contribution in [2.24, 2.45) is 0 Å². The molecule has 0 fully saturated rings. The van der Waals surface area contributed by atoms with Crippen LogP contribution in [0.1, 0.15) is 13.8 Å². The Kier molecular flexibility index (Phi) is 2.85. The molecule has 0 aliphatic carbocycles. The summed E-state index contributed by atoms with van der Waals surface area (Å²) >= 11 is 0. The lowest BCUT2D eigenvalue weighted by Gasteiger charge is -2.11. The lowest BCUT2D eigenvalue weighted by molar-refractivity contribution is 0.890. The molecule has 0 spiro atoms. The van der Waals surface area contributed by atoms with E-state index in [2.05, 4.69) is 63.4 Å². The van der Waals surface area contributed by atoms with E-state index < -0.39 is 0 Å². The number of hydrogen-bond donors (Lipinski definition) is 3. The van der Waals surface area contributed by atoms with Gasteiger partial charge in [0.05, 0.1) is 5.39 Å². The number of fused-ring (bicyclic) bond motifs is 2. The molecule has 5 heteroatoms. The summed E-state index contributed by atoms with van der Waals surface area (Å²) < 4.78 is 0. The van der Waals surface area contributed by atoms with Gasteiger partial charge in [0.15, 0.2) is 0 Å². The average molecular weight is 291 g/mol. The third-order valence-electron chi connectivity index (χ3n) is 3.76. The van der Waals surface area contributed by atoms with E-state index in [4.69, 9.17) is 0 Å². The standard InChI is InChI=1S/C17H17N5/c1-10(2)22-17-15-13(8-19-16(15)20-9-21-17)11-3-4-14-12(7-11)5-6-18-14/h3-10,18H,1-2H3,(H2,19,20,21,22). The van der Waals surface area contributed by atoms with Gasteiger partial charge in [-0.15, -0.1) is 0 Å². The molecule has 1 aromatic carbocycles. The van der Waals surface area contributed by atoms with Crippen LogP contribution in [0.2, 0.25) is 0 Å². The SMILES string of the molecule is CC(C)Nc1ncnc2[nH]cc(-c3ccc4[nH]ccc4c3)c12. The highest BCUT2D eigenvalue weighted by atomic mass is 15.0. The number of H-pyrrole nitrogens is 2. The Balaban J connectivity index is 1.93. The van der Waals surface area contributed by atoms with Crippen molar-refractivity contribution in [3.05, 3.63) is 43.0 Å². The summed E-state index contributed by atoms with van der Waals surface area (Å²) in [6.45, 7) is 4.21. The second-order valence-corrected chi connectivity index (χ2v) is 5.73. The number of anilines is 1. The van der Waals surface area contributed by atoms with Crippen molar-refractivity contribution in [1.82, 2.24) is 19.9 Å². The van der Waals surface area contributed by atoms with Gasteiger partial charge in [0.25, 0.3) is 0 Å². The summed E-state index contributed by atoms with van der Waals surface area (Å²) in [7, 11) is 0. The maximum atomic E-state index is 4.41. The molecule has 3 N–H and O–H groups in total. The zero-order chi connectivity index (χ0) is 15.1. The molecule has 0 unspecified atom stereocenters. The normalized spacial score (nSPS) is 11.6. The van der Waals surface area contributed by atoms with Gasteiger partial charge in [0.2, 0.25) is 0 Å². The van der Waals surface area contributed by atoms with E-state index in [0.29, 0.717) is 6.04 Å². The molecular formula is C17H17N5. The molecule has 22 heavy (non-hydrogen) atoms. The first-order valence-corrected chi connectivity index (χ1v) is 7.38. The zero-order valence-corrected chi connectivity index (χ0v) is 12.5. The Hall–Kier alpha value is -2.82. The highest BCUT2D eigenvalue weighted by Gasteiger charge is 2.13. The Morgan fingerprint density at radius 2 is 2.00 bits per heavy atom. The van der Waals surface area contributed by atoms with Gasteiger partial charge in [-0.3, -0.25) is 0 Å². The van der Waals surface area contributed by atoms with E-state index in [0.717, 1.165) is 33.5 Å². The Morgan fingerprint density at radius 3 is 2.86 bits per heavy atom. The van der Waals surface area contributed by atoms with Gasteiger partial charge in [0.1, 0.15) is 17.8 Å². The van der Waals surface area contributed by atoms with Crippen LogP contribution in [0.3, 0.4) is 0 Å². The van der Waals surface area contributed by atoms with Crippen LogP contribution in [0.15, 0.2) is 43.0 Å². The predicted molar refractivity (Wildman–Crippen MR) is 89.9 cm³/mol. The van der Waals surface area contributed by atoms with Crippen LogP contribution < -0.4 is 5.32 Å². The molecule has 110 valence electrons. The van der Waals surface area contributed by atoms with Crippen LogP contribution in [0, 0.1) is 0 Å². The quantitative estimate of drug-likeness (QED) is 0.535. The van der Waals surface area contributed by atoms with E-state index in [1.54, 1.807) is 6.33 Å². The molecule has 4 rings (SSSR count). The van der Waals surface area contributed by atoms with Crippen LogP contribution in [-0.4, -0.2) is 26.0 Å². The smallest absolute Gasteiger partial charge is 0.143 e. The molecule has 0 atom stereocenters. The monoisotopic (exact) mass is 291 g/mol. The van der Waals surface area contributed by atoms with Crippen molar-refractivity contribution in [1.29, 1.82) is 0 Å². The van der Waals surface area contributed by atoms with Crippen molar-refractivity contribution in [2.75, 3.05) is 5.32 Å². The number of hydrogen-bond acceptors (Lipinski definition) is 3. The summed E-state index contributed by atoms with van der Waals surface area (Å²) in [6.07, 6.45) is 5.54. The molecule has 4 aromatic rings. The maximum Gasteiger partial charge on any atom is 0.143 e. The zero-order valence-electron chi connectivity index (χ0n) is 12.5. The van der Waals surface area contributed by atoms with E-state index in [-0.39, 0.29) is 0 Å². The second kappa shape index (κ2) is 4.87. The van der Waals surface area contributed by atoms with Crippen molar-refractivity contribution in [2.45, 2.75) is 19.9 Å². The minimum atomic E-state index is 0.313. The fourth-order valence-corrected chi connectivity index (χ4v) is 2.79. The van der Waals surface area contributed by atoms with Gasteiger partial charge in [-0.25, -0.2) is 9.97 Å². The molecule has 3 heterocycles. The van der Waals surface area contributed by atoms with Crippen molar-refractivity contribution < 1.29 is 0 Å². The molecule has 0 amide bonds. The molecule has 3 aromatic heterocycles. The number of nitrogens with zero attached hydrogens (tertiary/aromatic N) is 2. The van der Waals surface area contributed by atoms with E-state index in [1.165, 1.54) is 5.39 Å². The molecule has 0 aliphatic heterocycles. The Labute approximate surface area is 127 Å². The highest BCUT2D eigenvalue weighted by molar-refractivity contribution is 6.02. The molecule has 5 nitrogen and oxygen atoms in total. The minimum Gasteiger partial charge on any atom is -0.367 e. The summed E-state index contributed by atoms with van der Waals surface area (Å²) in [5.74, 6) is 0.866. The van der Waals surface area contributed by atoms with Gasteiger partial charge in [-0.05, 0) is 43.0 Å². The third kappa shape index (κ3) is 2.02. The van der Waals surface area contributed by atoms with Crippen LogP contribution in [0.4, 0.5) is 5.82 Å². The average Bonchev–Trinajstić information content (AvgIpc) is 3.12. The molecule has 0 saturated heterocycles. The van der Waals surface area contributed by atoms with Crippen molar-refractivity contribution >= 4 is 27.8 Å². The van der Waals surface area contributed by atoms with E-state index >= 15 is 0 Å². The molecule has 0 bridgehead atoms. The first-order chi connectivity index (χ1) is 10.7. The van der Waals surface area contributed by atoms with Crippen LogP contribution >= 0.6 is 0 Å². The van der Waals surface area contributed by atoms with E-state index in [1.807, 2.05) is 12.4 Å². The molecule has 0 saturated carbocycles. The predicted octanol–water partition coefficient (Wildman–Crippen LogP) is 3.93. The topological polar surface area (TPSA) is 69.4 Å². The third-order valence-corrected chi connectivity index (χ3v) is 3.76. The highest BCUT2D eigenvalue weighted by Crippen LogP contribution is 2.33. The largest absolute Gasteiger partial charge is 0.367 e.